The maximum absolute atomic E-state index is 12.6. The first-order valence-electron chi connectivity index (χ1n) is 5.65. The Labute approximate surface area is 127 Å². The molecule has 2 rings (SSSR count). The van der Waals surface area contributed by atoms with Crippen molar-refractivity contribution in [2.45, 2.75) is 6.18 Å². The van der Waals surface area contributed by atoms with Crippen molar-refractivity contribution in [3.05, 3.63) is 56.7 Å². The number of alkyl halides is 3. The van der Waals surface area contributed by atoms with Gasteiger partial charge >= 0.3 is 12.1 Å². The minimum atomic E-state index is -4.47. The highest BCUT2D eigenvalue weighted by molar-refractivity contribution is 7.17. The lowest BCUT2D eigenvalue weighted by molar-refractivity contribution is -0.137. The van der Waals surface area contributed by atoms with E-state index in [1.54, 1.807) is 0 Å². The molecule has 21 heavy (non-hydrogen) atoms. The molecule has 0 unspecified atom stereocenters. The largest absolute Gasteiger partial charge is 0.478 e. The highest BCUT2D eigenvalue weighted by Crippen LogP contribution is 2.32. The molecule has 1 N–H and O–H groups in total. The second-order valence-electron chi connectivity index (χ2n) is 4.09. The van der Waals surface area contributed by atoms with Crippen LogP contribution in [-0.4, -0.2) is 11.1 Å². The van der Waals surface area contributed by atoms with Gasteiger partial charge in [0.2, 0.25) is 0 Å². The smallest absolute Gasteiger partial charge is 0.416 e. The fourth-order valence-corrected chi connectivity index (χ4v) is 2.72. The quantitative estimate of drug-likeness (QED) is 0.799. The molecule has 0 bridgehead atoms. The van der Waals surface area contributed by atoms with E-state index in [9.17, 15) is 23.1 Å². The summed E-state index contributed by atoms with van der Waals surface area (Å²) in [6.45, 7) is 0. The van der Waals surface area contributed by atoms with Crippen molar-refractivity contribution >= 4 is 40.6 Å². The number of aliphatic carboxylic acids is 1. The van der Waals surface area contributed by atoms with Gasteiger partial charge in [-0.05, 0) is 35.9 Å². The zero-order valence-electron chi connectivity index (χ0n) is 10.3. The molecule has 1 heterocycles. The molecule has 0 saturated heterocycles. The van der Waals surface area contributed by atoms with Crippen LogP contribution in [0.5, 0.6) is 0 Å². The van der Waals surface area contributed by atoms with Crippen LogP contribution in [0.15, 0.2) is 36.4 Å². The van der Waals surface area contributed by atoms with E-state index in [1.807, 2.05) is 0 Å². The van der Waals surface area contributed by atoms with E-state index in [4.69, 9.17) is 11.6 Å². The van der Waals surface area contributed by atoms with Crippen LogP contribution in [0.4, 0.5) is 13.2 Å². The van der Waals surface area contributed by atoms with E-state index in [1.165, 1.54) is 30.3 Å². The van der Waals surface area contributed by atoms with Crippen LogP contribution >= 0.6 is 22.9 Å². The zero-order valence-corrected chi connectivity index (χ0v) is 11.9. The Balaban J connectivity index is 2.46. The van der Waals surface area contributed by atoms with Crippen LogP contribution in [0.3, 0.4) is 0 Å². The van der Waals surface area contributed by atoms with Gasteiger partial charge in [-0.25, -0.2) is 4.79 Å². The Bertz CT molecular complexity index is 704. The molecule has 7 heteroatoms. The number of carboxylic acids is 1. The van der Waals surface area contributed by atoms with Crippen LogP contribution < -0.4 is 0 Å². The van der Waals surface area contributed by atoms with Crippen molar-refractivity contribution in [3.63, 3.8) is 0 Å². The molecule has 0 saturated carbocycles. The Hall–Kier alpha value is -1.79. The summed E-state index contributed by atoms with van der Waals surface area (Å²) in [5.41, 5.74) is -0.775. The molecule has 0 aliphatic heterocycles. The molecule has 1 aromatic heterocycles. The highest BCUT2D eigenvalue weighted by Gasteiger charge is 2.30. The molecule has 2 nitrogen and oxygen atoms in total. The molecule has 0 amide bonds. The number of carboxylic acid groups (broad SMARTS) is 1. The fraction of sp³-hybridized carbons (Fsp3) is 0.0714. The second kappa shape index (κ2) is 5.91. The molecule has 0 spiro atoms. The van der Waals surface area contributed by atoms with Crippen molar-refractivity contribution in [1.82, 2.24) is 0 Å². The molecule has 0 atom stereocenters. The number of rotatable bonds is 3. The van der Waals surface area contributed by atoms with E-state index in [0.717, 1.165) is 23.5 Å². The first-order valence-corrected chi connectivity index (χ1v) is 6.85. The van der Waals surface area contributed by atoms with Gasteiger partial charge in [0, 0.05) is 4.88 Å². The number of hydrogen-bond acceptors (Lipinski definition) is 2. The van der Waals surface area contributed by atoms with Crippen molar-refractivity contribution in [2.75, 3.05) is 0 Å². The van der Waals surface area contributed by atoms with Crippen molar-refractivity contribution in [3.8, 4) is 0 Å². The third-order valence-electron chi connectivity index (χ3n) is 2.59. The van der Waals surface area contributed by atoms with Crippen molar-refractivity contribution in [2.24, 2.45) is 0 Å². The Kier molecular flexibility index (Phi) is 4.39. The summed E-state index contributed by atoms with van der Waals surface area (Å²) in [5, 5.41) is 9.20. The number of hydrogen-bond donors (Lipinski definition) is 1. The average molecular weight is 333 g/mol. The monoisotopic (exact) mass is 332 g/mol. The fourth-order valence-electron chi connectivity index (χ4n) is 1.67. The van der Waals surface area contributed by atoms with E-state index >= 15 is 0 Å². The Morgan fingerprint density at radius 3 is 2.48 bits per heavy atom. The summed E-state index contributed by atoms with van der Waals surface area (Å²) < 4.78 is 38.3. The predicted molar refractivity (Wildman–Crippen MR) is 76.3 cm³/mol. The summed E-state index contributed by atoms with van der Waals surface area (Å²) >= 11 is 6.79. The topological polar surface area (TPSA) is 37.3 Å². The number of carbonyl (C=O) groups is 1. The summed E-state index contributed by atoms with van der Waals surface area (Å²) in [4.78, 5) is 11.6. The van der Waals surface area contributed by atoms with Gasteiger partial charge in [0.1, 0.15) is 0 Å². The maximum Gasteiger partial charge on any atom is 0.416 e. The SMILES string of the molecule is O=C(O)/C(=C\c1cccc(C(F)(F)F)c1)c1ccc(Cl)s1. The second-order valence-corrected chi connectivity index (χ2v) is 5.81. The average Bonchev–Trinajstić information content (AvgIpc) is 2.81. The summed E-state index contributed by atoms with van der Waals surface area (Å²) in [5.74, 6) is -1.23. The molecular weight excluding hydrogens is 325 g/mol. The summed E-state index contributed by atoms with van der Waals surface area (Å²) in [7, 11) is 0. The standard InChI is InChI=1S/C14H8ClF3O2S/c15-12-5-4-11(21-12)10(13(19)20)7-8-2-1-3-9(6-8)14(16,17)18/h1-7H,(H,19,20)/b10-7-. The molecule has 1 aromatic carbocycles. The van der Waals surface area contributed by atoms with Gasteiger partial charge in [0.15, 0.2) is 0 Å². The van der Waals surface area contributed by atoms with Gasteiger partial charge in [-0.3, -0.25) is 0 Å². The highest BCUT2D eigenvalue weighted by atomic mass is 35.5. The van der Waals surface area contributed by atoms with Gasteiger partial charge in [-0.1, -0.05) is 23.7 Å². The number of benzene rings is 1. The maximum atomic E-state index is 12.6. The van der Waals surface area contributed by atoms with Crippen LogP contribution in [0.1, 0.15) is 16.0 Å². The molecule has 0 radical (unpaired) electrons. The third kappa shape index (κ3) is 3.86. The number of thiophene rings is 1. The van der Waals surface area contributed by atoms with Crippen LogP contribution in [0, 0.1) is 0 Å². The van der Waals surface area contributed by atoms with Crippen molar-refractivity contribution < 1.29 is 23.1 Å². The zero-order chi connectivity index (χ0) is 15.6. The molecule has 2 aromatic rings. The molecule has 0 aliphatic rings. The normalized spacial score (nSPS) is 12.5. The van der Waals surface area contributed by atoms with E-state index < -0.39 is 17.7 Å². The summed E-state index contributed by atoms with van der Waals surface area (Å²) in [6.07, 6.45) is -3.28. The third-order valence-corrected chi connectivity index (χ3v) is 3.86. The lowest BCUT2D eigenvalue weighted by Crippen LogP contribution is -2.04. The first kappa shape index (κ1) is 15.6. The van der Waals surface area contributed by atoms with Gasteiger partial charge in [0.05, 0.1) is 15.5 Å². The van der Waals surface area contributed by atoms with Crippen LogP contribution in [0.25, 0.3) is 11.6 Å². The van der Waals surface area contributed by atoms with Crippen molar-refractivity contribution in [1.29, 1.82) is 0 Å². The van der Waals surface area contributed by atoms with Gasteiger partial charge in [0.25, 0.3) is 0 Å². The molecule has 0 aliphatic carbocycles. The predicted octanol–water partition coefficient (Wildman–Crippen LogP) is 5.05. The minimum Gasteiger partial charge on any atom is -0.478 e. The lowest BCUT2D eigenvalue weighted by Gasteiger charge is -2.07. The van der Waals surface area contributed by atoms with Gasteiger partial charge in [-0.2, -0.15) is 13.2 Å². The van der Waals surface area contributed by atoms with E-state index in [-0.39, 0.29) is 11.1 Å². The summed E-state index contributed by atoms with van der Waals surface area (Å²) in [6, 6.07) is 7.52. The Morgan fingerprint density at radius 2 is 1.95 bits per heavy atom. The van der Waals surface area contributed by atoms with E-state index in [0.29, 0.717) is 9.21 Å². The van der Waals surface area contributed by atoms with E-state index in [2.05, 4.69) is 0 Å². The van der Waals surface area contributed by atoms with Crippen LogP contribution in [0.2, 0.25) is 4.34 Å². The van der Waals surface area contributed by atoms with Gasteiger partial charge in [-0.15, -0.1) is 11.3 Å². The van der Waals surface area contributed by atoms with Crippen LogP contribution in [-0.2, 0) is 11.0 Å². The minimum absolute atomic E-state index is 0.105. The number of halogens is 4. The molecule has 0 fully saturated rings. The molecule has 110 valence electrons. The molecular formula is C14H8ClF3O2S. The Morgan fingerprint density at radius 1 is 1.24 bits per heavy atom. The van der Waals surface area contributed by atoms with Gasteiger partial charge < -0.3 is 5.11 Å². The first-order chi connectivity index (χ1) is 9.77. The lowest BCUT2D eigenvalue weighted by atomic mass is 10.1.